The number of hydrogen-bond donors (Lipinski definition) is 0. The normalized spacial score (nSPS) is 14.6. The molecule has 0 saturated carbocycles. The van der Waals surface area contributed by atoms with Crippen LogP contribution < -0.4 is 0 Å². The van der Waals surface area contributed by atoms with Crippen LogP contribution in [-0.4, -0.2) is 13.7 Å². The number of methoxy groups -OCH3 is 1. The van der Waals surface area contributed by atoms with Gasteiger partial charge in [0.2, 0.25) is 0 Å². The third kappa shape index (κ3) is 5.36. The molecular weight excluding hydrogens is 148 g/mol. The lowest BCUT2D eigenvalue weighted by molar-refractivity contribution is 0.192. The highest BCUT2D eigenvalue weighted by Gasteiger charge is 2.04. The van der Waals surface area contributed by atoms with Gasteiger partial charge in [0.25, 0.3) is 0 Å². The van der Waals surface area contributed by atoms with E-state index in [1.54, 1.807) is 12.7 Å². The van der Waals surface area contributed by atoms with Crippen molar-refractivity contribution in [3.05, 3.63) is 11.6 Å². The van der Waals surface area contributed by atoms with Crippen LogP contribution in [0.1, 0.15) is 44.9 Å². The van der Waals surface area contributed by atoms with Crippen LogP contribution in [0.15, 0.2) is 11.6 Å². The van der Waals surface area contributed by atoms with Gasteiger partial charge in [0, 0.05) is 13.7 Å². The lowest BCUT2D eigenvalue weighted by Crippen LogP contribution is -1.87. The Hall–Kier alpha value is -0.300. The highest BCUT2D eigenvalue weighted by atomic mass is 16.5. The summed E-state index contributed by atoms with van der Waals surface area (Å²) in [5.41, 5.74) is 1.69. The van der Waals surface area contributed by atoms with Gasteiger partial charge >= 0.3 is 0 Å². The molecule has 1 heteroatoms. The van der Waals surface area contributed by atoms with Crippen LogP contribution in [-0.2, 0) is 4.74 Å². The topological polar surface area (TPSA) is 9.23 Å². The summed E-state index contributed by atoms with van der Waals surface area (Å²) >= 11 is 0. The van der Waals surface area contributed by atoms with Crippen LogP contribution in [0.2, 0.25) is 0 Å². The molecule has 0 amide bonds. The van der Waals surface area contributed by atoms with Gasteiger partial charge in [-0.3, -0.25) is 0 Å². The minimum absolute atomic E-state index is 0.936. The molecule has 0 N–H and O–H groups in total. The van der Waals surface area contributed by atoms with Crippen molar-refractivity contribution in [1.29, 1.82) is 0 Å². The first-order chi connectivity index (χ1) is 5.93. The maximum Gasteiger partial charge on any atom is 0.0462 e. The number of hydrogen-bond acceptors (Lipinski definition) is 1. The van der Waals surface area contributed by atoms with Gasteiger partial charge in [-0.15, -0.1) is 0 Å². The molecule has 0 aromatic rings. The monoisotopic (exact) mass is 168 g/mol. The van der Waals surface area contributed by atoms with E-state index in [1.807, 2.05) is 0 Å². The largest absolute Gasteiger partial charge is 0.385 e. The lowest BCUT2D eigenvalue weighted by atomic mass is 10.1. The van der Waals surface area contributed by atoms with Crippen molar-refractivity contribution in [3.8, 4) is 0 Å². The number of allylic oxidation sites excluding steroid dienone is 2. The molecule has 70 valence electrons. The summed E-state index contributed by atoms with van der Waals surface area (Å²) in [6, 6.07) is 0. The van der Waals surface area contributed by atoms with Crippen LogP contribution in [0.4, 0.5) is 0 Å². The van der Waals surface area contributed by atoms with Gasteiger partial charge in [-0.2, -0.15) is 0 Å². The molecule has 0 atom stereocenters. The van der Waals surface area contributed by atoms with E-state index in [0.29, 0.717) is 0 Å². The van der Waals surface area contributed by atoms with Gasteiger partial charge in [-0.25, -0.2) is 0 Å². The Labute approximate surface area is 75.8 Å². The zero-order chi connectivity index (χ0) is 8.65. The maximum atomic E-state index is 4.99. The van der Waals surface area contributed by atoms with Crippen molar-refractivity contribution in [2.75, 3.05) is 13.7 Å². The fraction of sp³-hybridized carbons (Fsp3) is 0.818. The van der Waals surface area contributed by atoms with Crippen molar-refractivity contribution in [1.82, 2.24) is 0 Å². The van der Waals surface area contributed by atoms with E-state index >= 15 is 0 Å². The van der Waals surface area contributed by atoms with E-state index in [2.05, 4.69) is 6.08 Å². The molecule has 1 aliphatic rings. The molecule has 0 bridgehead atoms. The summed E-state index contributed by atoms with van der Waals surface area (Å²) in [5.74, 6) is 0. The highest BCUT2D eigenvalue weighted by Crippen LogP contribution is 2.24. The van der Waals surface area contributed by atoms with Gasteiger partial charge in [-0.05, 0) is 25.7 Å². The Balaban J connectivity index is 1.67. The van der Waals surface area contributed by atoms with Crippen LogP contribution in [0.25, 0.3) is 0 Å². The smallest absolute Gasteiger partial charge is 0.0462 e. The molecule has 0 radical (unpaired) electrons. The summed E-state index contributed by atoms with van der Waals surface area (Å²) in [5, 5.41) is 0. The second kappa shape index (κ2) is 6.24. The van der Waals surface area contributed by atoms with Gasteiger partial charge in [0.15, 0.2) is 0 Å². The fourth-order valence-corrected chi connectivity index (χ4v) is 1.41. The Kier molecular flexibility index (Phi) is 5.09. The van der Waals surface area contributed by atoms with Gasteiger partial charge in [-0.1, -0.05) is 30.9 Å². The molecule has 0 heterocycles. The van der Waals surface area contributed by atoms with E-state index < -0.39 is 0 Å². The highest BCUT2D eigenvalue weighted by molar-refractivity contribution is 5.21. The Bertz CT molecular complexity index is 138. The third-order valence-corrected chi connectivity index (χ3v) is 2.34. The molecule has 1 rings (SSSR count). The average Bonchev–Trinajstić information content (AvgIpc) is 2.87. The van der Waals surface area contributed by atoms with Gasteiger partial charge in [0.1, 0.15) is 0 Å². The van der Waals surface area contributed by atoms with Crippen molar-refractivity contribution in [2.45, 2.75) is 44.9 Å². The molecule has 0 aromatic carbocycles. The van der Waals surface area contributed by atoms with Crippen LogP contribution in [0, 0.1) is 0 Å². The lowest BCUT2D eigenvalue weighted by Gasteiger charge is -1.99. The fourth-order valence-electron chi connectivity index (χ4n) is 1.41. The molecule has 0 spiro atoms. The predicted octanol–water partition coefficient (Wildman–Crippen LogP) is 3.30. The SMILES string of the molecule is COCCCCCCCC1=CC1. The van der Waals surface area contributed by atoms with Crippen LogP contribution in [0.3, 0.4) is 0 Å². The van der Waals surface area contributed by atoms with E-state index in [1.165, 1.54) is 44.9 Å². The summed E-state index contributed by atoms with van der Waals surface area (Å²) < 4.78 is 4.99. The van der Waals surface area contributed by atoms with Gasteiger partial charge in [0.05, 0.1) is 0 Å². The van der Waals surface area contributed by atoms with E-state index in [9.17, 15) is 0 Å². The molecule has 0 aromatic heterocycles. The van der Waals surface area contributed by atoms with Crippen LogP contribution >= 0.6 is 0 Å². The van der Waals surface area contributed by atoms with Crippen molar-refractivity contribution in [2.24, 2.45) is 0 Å². The molecule has 0 unspecified atom stereocenters. The van der Waals surface area contributed by atoms with Crippen molar-refractivity contribution in [3.63, 3.8) is 0 Å². The standard InChI is InChI=1S/C11H20O/c1-12-10-6-4-2-3-5-7-11-8-9-11/h8H,2-7,9-10H2,1H3. The minimum Gasteiger partial charge on any atom is -0.385 e. The molecule has 0 fully saturated rings. The average molecular weight is 168 g/mol. The number of unbranched alkanes of at least 4 members (excludes halogenated alkanes) is 4. The summed E-state index contributed by atoms with van der Waals surface area (Å²) in [6.07, 6.45) is 11.8. The van der Waals surface area contributed by atoms with E-state index in [-0.39, 0.29) is 0 Å². The Morgan fingerprint density at radius 1 is 1.17 bits per heavy atom. The van der Waals surface area contributed by atoms with Crippen molar-refractivity contribution >= 4 is 0 Å². The van der Waals surface area contributed by atoms with Gasteiger partial charge < -0.3 is 4.74 Å². The molecule has 0 aliphatic heterocycles. The maximum absolute atomic E-state index is 4.99. The molecule has 0 saturated heterocycles. The summed E-state index contributed by atoms with van der Waals surface area (Å²) in [6.45, 7) is 0.936. The third-order valence-electron chi connectivity index (χ3n) is 2.34. The predicted molar refractivity (Wildman–Crippen MR) is 52.3 cm³/mol. The summed E-state index contributed by atoms with van der Waals surface area (Å²) in [7, 11) is 1.78. The van der Waals surface area contributed by atoms with Crippen LogP contribution in [0.5, 0.6) is 0 Å². The molecule has 1 aliphatic carbocycles. The molecule has 1 nitrogen and oxygen atoms in total. The van der Waals surface area contributed by atoms with Crippen molar-refractivity contribution < 1.29 is 4.74 Å². The second-order valence-corrected chi connectivity index (χ2v) is 3.58. The molecule has 12 heavy (non-hydrogen) atoms. The molecular formula is C11H20O. The van der Waals surface area contributed by atoms with E-state index in [4.69, 9.17) is 4.74 Å². The Morgan fingerprint density at radius 3 is 2.50 bits per heavy atom. The number of rotatable bonds is 8. The van der Waals surface area contributed by atoms with E-state index in [0.717, 1.165) is 6.61 Å². The minimum atomic E-state index is 0.936. The first-order valence-corrected chi connectivity index (χ1v) is 5.10. The second-order valence-electron chi connectivity index (χ2n) is 3.58. The summed E-state index contributed by atoms with van der Waals surface area (Å²) in [4.78, 5) is 0. The quantitative estimate of drug-likeness (QED) is 0.399. The zero-order valence-electron chi connectivity index (χ0n) is 8.14. The first kappa shape index (κ1) is 9.79. The first-order valence-electron chi connectivity index (χ1n) is 5.10. The number of ether oxygens (including phenoxy) is 1. The zero-order valence-corrected chi connectivity index (χ0v) is 8.14. The Morgan fingerprint density at radius 2 is 1.83 bits per heavy atom.